The fourth-order valence-electron chi connectivity index (χ4n) is 6.25. The monoisotopic (exact) mass is 667 g/mol. The Morgan fingerprint density at radius 1 is 0.447 bits per heavy atom. The second-order valence-corrected chi connectivity index (χ2v) is 15.2. The summed E-state index contributed by atoms with van der Waals surface area (Å²) in [6, 6.07) is 0. The summed E-state index contributed by atoms with van der Waals surface area (Å²) < 4.78 is 10.3. The van der Waals surface area contributed by atoms with E-state index in [0.29, 0.717) is 12.8 Å². The Kier molecular flexibility index (Phi) is 35.3. The fourth-order valence-corrected chi connectivity index (χ4v) is 6.25. The Bertz CT molecular complexity index is 663. The van der Waals surface area contributed by atoms with Crippen LogP contribution in [0.1, 0.15) is 227 Å². The fraction of sp³-hybridized carbons (Fsp3) is 0.952. The Balaban J connectivity index is 3.36. The van der Waals surface area contributed by atoms with Crippen LogP contribution >= 0.6 is 0 Å². The number of esters is 2. The summed E-state index contributed by atoms with van der Waals surface area (Å²) in [6.07, 6.45) is 37.3. The van der Waals surface area contributed by atoms with Crippen LogP contribution in [0.4, 0.5) is 0 Å². The van der Waals surface area contributed by atoms with Gasteiger partial charge in [0.1, 0.15) is 19.3 Å². The molecule has 0 saturated carbocycles. The average Bonchev–Trinajstić information content (AvgIpc) is 3.05. The van der Waals surface area contributed by atoms with E-state index < -0.39 is 6.10 Å². The number of aliphatic hydroxyl groups excluding tert-OH is 1. The second kappa shape index (κ2) is 36.2. The summed E-state index contributed by atoms with van der Waals surface area (Å²) in [5.41, 5.74) is 0. The lowest BCUT2D eigenvalue weighted by molar-refractivity contribution is -0.152. The molecule has 0 aromatic carbocycles. The van der Waals surface area contributed by atoms with Gasteiger partial charge in [-0.2, -0.15) is 0 Å². The highest BCUT2D eigenvalue weighted by atomic mass is 16.6. The molecule has 280 valence electrons. The van der Waals surface area contributed by atoms with Crippen LogP contribution in [-0.2, 0) is 19.1 Å². The topological polar surface area (TPSA) is 72.8 Å². The van der Waals surface area contributed by atoms with Gasteiger partial charge >= 0.3 is 11.9 Å². The molecular formula is C42H82O5. The lowest BCUT2D eigenvalue weighted by Gasteiger charge is -2.12. The van der Waals surface area contributed by atoms with E-state index in [2.05, 4.69) is 27.7 Å². The lowest BCUT2D eigenvalue weighted by atomic mass is 9.99. The van der Waals surface area contributed by atoms with Crippen LogP contribution in [0.5, 0.6) is 0 Å². The van der Waals surface area contributed by atoms with Gasteiger partial charge < -0.3 is 14.6 Å². The van der Waals surface area contributed by atoms with E-state index in [1.54, 1.807) is 0 Å². The number of aliphatic hydroxyl groups is 1. The van der Waals surface area contributed by atoms with Crippen molar-refractivity contribution in [1.82, 2.24) is 0 Å². The van der Waals surface area contributed by atoms with E-state index in [9.17, 15) is 14.7 Å². The van der Waals surface area contributed by atoms with Gasteiger partial charge in [-0.3, -0.25) is 9.59 Å². The molecule has 0 aliphatic heterocycles. The minimum atomic E-state index is -0.956. The van der Waals surface area contributed by atoms with Gasteiger partial charge in [-0.25, -0.2) is 0 Å². The minimum absolute atomic E-state index is 0.109. The van der Waals surface area contributed by atoms with E-state index >= 15 is 0 Å². The molecule has 2 atom stereocenters. The summed E-state index contributed by atoms with van der Waals surface area (Å²) in [4.78, 5) is 23.9. The van der Waals surface area contributed by atoms with Crippen molar-refractivity contribution in [2.75, 3.05) is 13.2 Å². The first-order valence-electron chi connectivity index (χ1n) is 20.8. The maximum atomic E-state index is 12.0. The molecule has 1 unspecified atom stereocenters. The first-order chi connectivity index (χ1) is 22.8. The van der Waals surface area contributed by atoms with Gasteiger partial charge in [-0.1, -0.05) is 201 Å². The standard InChI is InChI=1S/C42H82O5/c1-5-39(4)33-29-25-21-18-19-23-27-31-35-42(45)47-37-40(43)36-46-41(44)34-30-26-22-17-15-13-11-9-7-6-8-10-12-14-16-20-24-28-32-38(2)3/h38-40,43H,5-37H2,1-4H3/t39?,40-/m1/s1. The molecule has 0 aromatic heterocycles. The molecule has 0 rings (SSSR count). The molecule has 0 amide bonds. The molecule has 0 spiro atoms. The van der Waals surface area contributed by atoms with Gasteiger partial charge in [0, 0.05) is 12.8 Å². The molecule has 0 radical (unpaired) electrons. The Morgan fingerprint density at radius 3 is 1.02 bits per heavy atom. The van der Waals surface area contributed by atoms with E-state index in [1.807, 2.05) is 0 Å². The van der Waals surface area contributed by atoms with Crippen molar-refractivity contribution in [3.05, 3.63) is 0 Å². The number of carbonyl (C=O) groups excluding carboxylic acids is 2. The number of ether oxygens (including phenoxy) is 2. The van der Waals surface area contributed by atoms with Gasteiger partial charge in [0.2, 0.25) is 0 Å². The summed E-state index contributed by atoms with van der Waals surface area (Å²) in [7, 11) is 0. The maximum Gasteiger partial charge on any atom is 0.305 e. The quantitative estimate of drug-likeness (QED) is 0.0527. The number of carbonyl (C=O) groups is 2. The highest BCUT2D eigenvalue weighted by molar-refractivity contribution is 5.69. The highest BCUT2D eigenvalue weighted by Crippen LogP contribution is 2.17. The van der Waals surface area contributed by atoms with Crippen LogP contribution < -0.4 is 0 Å². The van der Waals surface area contributed by atoms with Crippen molar-refractivity contribution >= 4 is 11.9 Å². The summed E-state index contributed by atoms with van der Waals surface area (Å²) in [5.74, 6) is 1.17. The van der Waals surface area contributed by atoms with E-state index in [-0.39, 0.29) is 25.2 Å². The van der Waals surface area contributed by atoms with Crippen molar-refractivity contribution in [2.24, 2.45) is 11.8 Å². The van der Waals surface area contributed by atoms with Crippen molar-refractivity contribution < 1.29 is 24.2 Å². The molecule has 5 nitrogen and oxygen atoms in total. The van der Waals surface area contributed by atoms with Gasteiger partial charge in [0.05, 0.1) is 0 Å². The van der Waals surface area contributed by atoms with Gasteiger partial charge in [-0.05, 0) is 24.7 Å². The first kappa shape index (κ1) is 45.9. The summed E-state index contributed by atoms with van der Waals surface area (Å²) in [6.45, 7) is 9.04. The molecule has 0 fully saturated rings. The number of hydrogen-bond donors (Lipinski definition) is 1. The Labute approximate surface area is 293 Å². The summed E-state index contributed by atoms with van der Waals surface area (Å²) >= 11 is 0. The van der Waals surface area contributed by atoms with Crippen LogP contribution in [0.15, 0.2) is 0 Å². The van der Waals surface area contributed by atoms with Crippen molar-refractivity contribution in [2.45, 2.75) is 233 Å². The number of hydrogen-bond acceptors (Lipinski definition) is 5. The normalized spacial score (nSPS) is 12.8. The van der Waals surface area contributed by atoms with Crippen LogP contribution in [-0.4, -0.2) is 36.4 Å². The third kappa shape index (κ3) is 37.6. The molecule has 47 heavy (non-hydrogen) atoms. The SMILES string of the molecule is CCC(C)CCCCCCCCCCC(=O)OC[C@H](O)COC(=O)CCCCCCCCCCCCCCCCCCCCC(C)C. The second-order valence-electron chi connectivity index (χ2n) is 15.2. The minimum Gasteiger partial charge on any atom is -0.463 e. The van der Waals surface area contributed by atoms with Crippen LogP contribution in [0.25, 0.3) is 0 Å². The molecular weight excluding hydrogens is 584 g/mol. The number of unbranched alkanes of at least 4 members (excludes halogenated alkanes) is 24. The molecule has 0 saturated heterocycles. The Morgan fingerprint density at radius 2 is 0.723 bits per heavy atom. The van der Waals surface area contributed by atoms with Crippen LogP contribution in [0.2, 0.25) is 0 Å². The zero-order chi connectivity index (χ0) is 34.6. The molecule has 0 bridgehead atoms. The zero-order valence-corrected chi connectivity index (χ0v) is 32.1. The third-order valence-corrected chi connectivity index (χ3v) is 9.81. The number of rotatable bonds is 37. The molecule has 0 heterocycles. The highest BCUT2D eigenvalue weighted by Gasteiger charge is 2.12. The van der Waals surface area contributed by atoms with E-state index in [1.165, 1.54) is 154 Å². The van der Waals surface area contributed by atoms with E-state index in [0.717, 1.165) is 43.9 Å². The van der Waals surface area contributed by atoms with Gasteiger partial charge in [0.25, 0.3) is 0 Å². The summed E-state index contributed by atoms with van der Waals surface area (Å²) in [5, 5.41) is 10.0. The lowest BCUT2D eigenvalue weighted by Crippen LogP contribution is -2.25. The predicted molar refractivity (Wildman–Crippen MR) is 201 cm³/mol. The zero-order valence-electron chi connectivity index (χ0n) is 32.1. The van der Waals surface area contributed by atoms with E-state index in [4.69, 9.17) is 9.47 Å². The Hall–Kier alpha value is -1.10. The maximum absolute atomic E-state index is 12.0. The van der Waals surface area contributed by atoms with Crippen molar-refractivity contribution in [1.29, 1.82) is 0 Å². The van der Waals surface area contributed by atoms with Gasteiger partial charge in [0.15, 0.2) is 0 Å². The van der Waals surface area contributed by atoms with Crippen LogP contribution in [0.3, 0.4) is 0 Å². The molecule has 1 N–H and O–H groups in total. The molecule has 0 aromatic rings. The van der Waals surface area contributed by atoms with Gasteiger partial charge in [-0.15, -0.1) is 0 Å². The average molecular weight is 667 g/mol. The smallest absolute Gasteiger partial charge is 0.305 e. The van der Waals surface area contributed by atoms with Crippen molar-refractivity contribution in [3.8, 4) is 0 Å². The first-order valence-corrected chi connectivity index (χ1v) is 20.8. The molecule has 5 heteroatoms. The van der Waals surface area contributed by atoms with Crippen molar-refractivity contribution in [3.63, 3.8) is 0 Å². The largest absolute Gasteiger partial charge is 0.463 e. The predicted octanol–water partition coefficient (Wildman–Crippen LogP) is 12.8. The third-order valence-electron chi connectivity index (χ3n) is 9.81. The van der Waals surface area contributed by atoms with Crippen LogP contribution in [0, 0.1) is 11.8 Å². The molecule has 0 aliphatic rings. The molecule has 0 aliphatic carbocycles.